The van der Waals surface area contributed by atoms with E-state index in [9.17, 15) is 13.9 Å². The minimum atomic E-state index is -2.37. The molecule has 1 aliphatic carbocycles. The molecule has 0 spiro atoms. The zero-order valence-electron chi connectivity index (χ0n) is 10.6. The van der Waals surface area contributed by atoms with Crippen molar-refractivity contribution in [1.82, 2.24) is 4.90 Å². The highest BCUT2D eigenvalue weighted by Crippen LogP contribution is 2.50. The summed E-state index contributed by atoms with van der Waals surface area (Å²) < 4.78 is 25.5. The molecule has 1 unspecified atom stereocenters. The largest absolute Gasteiger partial charge is 0.396 e. The summed E-state index contributed by atoms with van der Waals surface area (Å²) >= 11 is 0. The van der Waals surface area contributed by atoms with Crippen molar-refractivity contribution in [2.45, 2.75) is 45.0 Å². The van der Waals surface area contributed by atoms with Gasteiger partial charge in [-0.05, 0) is 50.7 Å². The van der Waals surface area contributed by atoms with E-state index in [0.717, 1.165) is 38.9 Å². The lowest BCUT2D eigenvalue weighted by atomic mass is 9.77. The maximum atomic E-state index is 12.7. The van der Waals surface area contributed by atoms with Crippen molar-refractivity contribution in [2.75, 3.05) is 26.2 Å². The Morgan fingerprint density at radius 3 is 2.29 bits per heavy atom. The maximum Gasteiger partial charge on any atom is 0.251 e. The standard InChI is InChI=1S/C13H23F2NO/c1-2-12(10-17)4-7-16(8-5-12)6-3-11-9-13(11,14)15/h11,17H,2-10H2,1H3. The third-order valence-electron chi connectivity index (χ3n) is 4.75. The van der Waals surface area contributed by atoms with Crippen molar-refractivity contribution < 1.29 is 13.9 Å². The number of rotatable bonds is 5. The van der Waals surface area contributed by atoms with Gasteiger partial charge in [0.25, 0.3) is 5.92 Å². The number of likely N-dealkylation sites (tertiary alicyclic amines) is 1. The van der Waals surface area contributed by atoms with Crippen LogP contribution in [0.2, 0.25) is 0 Å². The molecule has 4 heteroatoms. The molecule has 2 nitrogen and oxygen atoms in total. The van der Waals surface area contributed by atoms with Crippen LogP contribution in [0.15, 0.2) is 0 Å². The van der Waals surface area contributed by atoms with Crippen LogP contribution in [0.1, 0.15) is 39.0 Å². The summed E-state index contributed by atoms with van der Waals surface area (Å²) in [6.07, 6.45) is 3.74. The molecule has 0 aromatic heterocycles. The first-order valence-electron chi connectivity index (χ1n) is 6.72. The Morgan fingerprint density at radius 2 is 1.88 bits per heavy atom. The molecule has 2 aliphatic rings. The van der Waals surface area contributed by atoms with Gasteiger partial charge < -0.3 is 10.0 Å². The van der Waals surface area contributed by atoms with Crippen molar-refractivity contribution in [1.29, 1.82) is 0 Å². The fourth-order valence-electron chi connectivity index (χ4n) is 2.80. The molecular formula is C13H23F2NO. The molecule has 1 saturated heterocycles. The minimum absolute atomic E-state index is 0.0936. The van der Waals surface area contributed by atoms with Gasteiger partial charge in [0.2, 0.25) is 0 Å². The Hall–Kier alpha value is -0.220. The monoisotopic (exact) mass is 247 g/mol. The summed E-state index contributed by atoms with van der Waals surface area (Å²) in [5.41, 5.74) is 0.0972. The Balaban J connectivity index is 1.69. The Bertz CT molecular complexity index is 253. The van der Waals surface area contributed by atoms with Gasteiger partial charge in [-0.2, -0.15) is 0 Å². The molecule has 2 fully saturated rings. The van der Waals surface area contributed by atoms with E-state index in [0.29, 0.717) is 6.42 Å². The average molecular weight is 247 g/mol. The molecule has 100 valence electrons. The number of aliphatic hydroxyl groups excluding tert-OH is 1. The second-order valence-electron chi connectivity index (χ2n) is 5.80. The average Bonchev–Trinajstić information content (AvgIpc) is 2.95. The van der Waals surface area contributed by atoms with Crippen molar-refractivity contribution >= 4 is 0 Å². The second kappa shape index (κ2) is 4.81. The lowest BCUT2D eigenvalue weighted by Crippen LogP contribution is -2.42. The molecule has 1 N–H and O–H groups in total. The third-order valence-corrected chi connectivity index (χ3v) is 4.75. The third kappa shape index (κ3) is 2.97. The number of hydrogen-bond donors (Lipinski definition) is 1. The highest BCUT2D eigenvalue weighted by molar-refractivity contribution is 4.95. The van der Waals surface area contributed by atoms with E-state index in [1.165, 1.54) is 0 Å². The van der Waals surface area contributed by atoms with Crippen molar-refractivity contribution in [3.8, 4) is 0 Å². The van der Waals surface area contributed by atoms with Gasteiger partial charge in [0, 0.05) is 18.9 Å². The van der Waals surface area contributed by atoms with Crippen LogP contribution in [0.5, 0.6) is 0 Å². The Labute approximate surface area is 102 Å². The minimum Gasteiger partial charge on any atom is -0.396 e. The molecule has 17 heavy (non-hydrogen) atoms. The van der Waals surface area contributed by atoms with Gasteiger partial charge in [0.1, 0.15) is 0 Å². The lowest BCUT2D eigenvalue weighted by molar-refractivity contribution is 0.0374. The van der Waals surface area contributed by atoms with E-state index in [1.54, 1.807) is 0 Å². The SMILES string of the molecule is CCC1(CO)CCN(CCC2CC2(F)F)CC1. The van der Waals surface area contributed by atoms with E-state index < -0.39 is 5.92 Å². The summed E-state index contributed by atoms with van der Waals surface area (Å²) in [5, 5.41) is 9.41. The zero-order chi connectivity index (χ0) is 12.5. The van der Waals surface area contributed by atoms with Gasteiger partial charge in [-0.1, -0.05) is 6.92 Å². The molecule has 1 saturated carbocycles. The number of alkyl halides is 2. The first-order chi connectivity index (χ1) is 8.01. The zero-order valence-corrected chi connectivity index (χ0v) is 10.6. The van der Waals surface area contributed by atoms with Gasteiger partial charge in [-0.25, -0.2) is 8.78 Å². The highest BCUT2D eigenvalue weighted by Gasteiger charge is 2.56. The van der Waals surface area contributed by atoms with E-state index in [1.807, 2.05) is 0 Å². The molecule has 0 amide bonds. The molecular weight excluding hydrogens is 224 g/mol. The first kappa shape index (κ1) is 13.2. The number of hydrogen-bond acceptors (Lipinski definition) is 2. The molecule has 2 rings (SSSR count). The topological polar surface area (TPSA) is 23.5 Å². The summed E-state index contributed by atoms with van der Waals surface area (Å²) in [6, 6.07) is 0. The fraction of sp³-hybridized carbons (Fsp3) is 1.00. The van der Waals surface area contributed by atoms with Crippen molar-refractivity contribution in [3.05, 3.63) is 0 Å². The maximum absolute atomic E-state index is 12.7. The van der Waals surface area contributed by atoms with Crippen LogP contribution < -0.4 is 0 Å². The van der Waals surface area contributed by atoms with Crippen LogP contribution in [0, 0.1) is 11.3 Å². The smallest absolute Gasteiger partial charge is 0.251 e. The molecule has 0 aromatic rings. The quantitative estimate of drug-likeness (QED) is 0.807. The highest BCUT2D eigenvalue weighted by atomic mass is 19.3. The second-order valence-corrected chi connectivity index (χ2v) is 5.80. The lowest BCUT2D eigenvalue weighted by Gasteiger charge is -2.40. The number of halogens is 2. The van der Waals surface area contributed by atoms with Crippen LogP contribution >= 0.6 is 0 Å². The summed E-state index contributed by atoms with van der Waals surface area (Å²) in [7, 11) is 0. The van der Waals surface area contributed by atoms with Gasteiger partial charge in [0.15, 0.2) is 0 Å². The molecule has 0 bridgehead atoms. The molecule has 0 radical (unpaired) electrons. The van der Waals surface area contributed by atoms with Crippen LogP contribution in [-0.2, 0) is 0 Å². The predicted molar refractivity (Wildman–Crippen MR) is 63.2 cm³/mol. The van der Waals surface area contributed by atoms with Gasteiger partial charge in [-0.3, -0.25) is 0 Å². The van der Waals surface area contributed by atoms with Crippen LogP contribution in [-0.4, -0.2) is 42.2 Å². The van der Waals surface area contributed by atoms with Crippen LogP contribution in [0.25, 0.3) is 0 Å². The normalized spacial score (nSPS) is 31.4. The molecule has 1 atom stereocenters. The first-order valence-corrected chi connectivity index (χ1v) is 6.72. The van der Waals surface area contributed by atoms with E-state index in [4.69, 9.17) is 0 Å². The van der Waals surface area contributed by atoms with E-state index in [-0.39, 0.29) is 24.4 Å². The van der Waals surface area contributed by atoms with Crippen LogP contribution in [0.4, 0.5) is 8.78 Å². The number of aliphatic hydroxyl groups is 1. The van der Waals surface area contributed by atoms with Crippen molar-refractivity contribution in [2.24, 2.45) is 11.3 Å². The number of piperidine rings is 1. The summed E-state index contributed by atoms with van der Waals surface area (Å²) in [4.78, 5) is 2.28. The summed E-state index contributed by atoms with van der Waals surface area (Å²) in [6.45, 7) is 5.08. The van der Waals surface area contributed by atoms with E-state index >= 15 is 0 Å². The summed E-state index contributed by atoms with van der Waals surface area (Å²) in [5.74, 6) is -2.73. The van der Waals surface area contributed by atoms with Crippen molar-refractivity contribution in [3.63, 3.8) is 0 Å². The van der Waals surface area contributed by atoms with Gasteiger partial charge in [0.05, 0.1) is 0 Å². The Kier molecular flexibility index (Phi) is 3.74. The van der Waals surface area contributed by atoms with E-state index in [2.05, 4.69) is 11.8 Å². The van der Waals surface area contributed by atoms with Gasteiger partial charge in [-0.15, -0.1) is 0 Å². The molecule has 1 heterocycles. The van der Waals surface area contributed by atoms with Gasteiger partial charge >= 0.3 is 0 Å². The number of nitrogens with zero attached hydrogens (tertiary/aromatic N) is 1. The molecule has 1 aliphatic heterocycles. The molecule has 0 aromatic carbocycles. The van der Waals surface area contributed by atoms with Crippen LogP contribution in [0.3, 0.4) is 0 Å². The fourth-order valence-corrected chi connectivity index (χ4v) is 2.80. The Morgan fingerprint density at radius 1 is 1.29 bits per heavy atom. The predicted octanol–water partition coefficient (Wildman–Crippen LogP) is 2.52.